The molecule has 1 aromatic carbocycles. The SMILES string of the molecule is Cc1cc(-c2ncccc2-c2ccccn2)cc(S(C)(=O)=O)c1. The van der Waals surface area contributed by atoms with Gasteiger partial charge < -0.3 is 0 Å². The van der Waals surface area contributed by atoms with Gasteiger partial charge >= 0.3 is 0 Å². The number of aromatic nitrogens is 2. The summed E-state index contributed by atoms with van der Waals surface area (Å²) in [4.78, 5) is 9.12. The molecule has 0 atom stereocenters. The van der Waals surface area contributed by atoms with Crippen LogP contribution in [0.4, 0.5) is 0 Å². The van der Waals surface area contributed by atoms with Crippen LogP contribution in [0, 0.1) is 6.92 Å². The van der Waals surface area contributed by atoms with Crippen LogP contribution >= 0.6 is 0 Å². The summed E-state index contributed by atoms with van der Waals surface area (Å²) in [6, 6.07) is 14.7. The van der Waals surface area contributed by atoms with Crippen molar-refractivity contribution < 1.29 is 8.42 Å². The summed E-state index contributed by atoms with van der Waals surface area (Å²) in [5.41, 5.74) is 4.04. The van der Waals surface area contributed by atoms with Crippen molar-refractivity contribution in [1.29, 1.82) is 0 Å². The number of benzene rings is 1. The number of sulfone groups is 1. The minimum atomic E-state index is -3.28. The Bertz CT molecular complexity index is 952. The van der Waals surface area contributed by atoms with E-state index >= 15 is 0 Å². The molecule has 23 heavy (non-hydrogen) atoms. The third-order valence-corrected chi connectivity index (χ3v) is 4.59. The summed E-state index contributed by atoms with van der Waals surface area (Å²) in [5, 5.41) is 0. The van der Waals surface area contributed by atoms with Crippen molar-refractivity contribution in [1.82, 2.24) is 9.97 Å². The van der Waals surface area contributed by atoms with E-state index in [0.717, 1.165) is 28.1 Å². The van der Waals surface area contributed by atoms with E-state index in [9.17, 15) is 8.42 Å². The van der Waals surface area contributed by atoms with Gasteiger partial charge in [0, 0.05) is 29.8 Å². The summed E-state index contributed by atoms with van der Waals surface area (Å²) in [5.74, 6) is 0. The minimum absolute atomic E-state index is 0.296. The molecule has 2 heterocycles. The van der Waals surface area contributed by atoms with E-state index in [-0.39, 0.29) is 0 Å². The molecular weight excluding hydrogens is 308 g/mol. The lowest BCUT2D eigenvalue weighted by Crippen LogP contribution is -1.99. The van der Waals surface area contributed by atoms with Gasteiger partial charge in [-0.3, -0.25) is 9.97 Å². The Hall–Kier alpha value is -2.53. The van der Waals surface area contributed by atoms with Crippen LogP contribution in [-0.2, 0) is 9.84 Å². The van der Waals surface area contributed by atoms with Crippen LogP contribution in [0.2, 0.25) is 0 Å². The standard InChI is InChI=1S/C18H16N2O2S/c1-13-10-14(12-15(11-13)23(2,21)22)18-16(6-5-9-20-18)17-7-3-4-8-19-17/h3-12H,1-2H3. The predicted molar refractivity (Wildman–Crippen MR) is 90.8 cm³/mol. The van der Waals surface area contributed by atoms with Crippen molar-refractivity contribution in [2.75, 3.05) is 6.26 Å². The lowest BCUT2D eigenvalue weighted by atomic mass is 10.0. The van der Waals surface area contributed by atoms with Crippen molar-refractivity contribution in [2.45, 2.75) is 11.8 Å². The molecule has 3 aromatic rings. The first kappa shape index (κ1) is 15.4. The molecule has 0 saturated heterocycles. The summed E-state index contributed by atoms with van der Waals surface area (Å²) in [6.07, 6.45) is 4.64. The van der Waals surface area contributed by atoms with E-state index < -0.39 is 9.84 Å². The molecule has 2 aromatic heterocycles. The van der Waals surface area contributed by atoms with E-state index in [2.05, 4.69) is 9.97 Å². The van der Waals surface area contributed by atoms with Gasteiger partial charge in [0.05, 0.1) is 16.3 Å². The zero-order chi connectivity index (χ0) is 16.4. The molecule has 3 rings (SSSR count). The van der Waals surface area contributed by atoms with Crippen LogP contribution in [0.15, 0.2) is 65.8 Å². The van der Waals surface area contributed by atoms with Crippen molar-refractivity contribution in [3.63, 3.8) is 0 Å². The van der Waals surface area contributed by atoms with Crippen LogP contribution < -0.4 is 0 Å². The predicted octanol–water partition coefficient (Wildman–Crippen LogP) is 3.52. The normalized spacial score (nSPS) is 11.4. The van der Waals surface area contributed by atoms with Gasteiger partial charge in [0.15, 0.2) is 9.84 Å². The van der Waals surface area contributed by atoms with E-state index in [1.165, 1.54) is 6.26 Å². The molecule has 0 spiro atoms. The fraction of sp³-hybridized carbons (Fsp3) is 0.111. The van der Waals surface area contributed by atoms with Crippen molar-refractivity contribution >= 4 is 9.84 Å². The van der Waals surface area contributed by atoms with Gasteiger partial charge in [-0.2, -0.15) is 0 Å². The first-order chi connectivity index (χ1) is 10.9. The fourth-order valence-electron chi connectivity index (χ4n) is 2.46. The maximum atomic E-state index is 11.9. The molecular formula is C18H16N2O2S. The lowest BCUT2D eigenvalue weighted by Gasteiger charge is -2.10. The summed E-state index contributed by atoms with van der Waals surface area (Å²) >= 11 is 0. The van der Waals surface area contributed by atoms with Crippen LogP contribution in [-0.4, -0.2) is 24.6 Å². The van der Waals surface area contributed by atoms with E-state index in [1.807, 2.05) is 43.3 Å². The first-order valence-electron chi connectivity index (χ1n) is 7.14. The molecule has 0 radical (unpaired) electrons. The molecule has 116 valence electrons. The Kier molecular flexibility index (Phi) is 3.96. The Balaban J connectivity index is 2.23. The van der Waals surface area contributed by atoms with Gasteiger partial charge in [-0.1, -0.05) is 6.07 Å². The lowest BCUT2D eigenvalue weighted by molar-refractivity contribution is 0.602. The van der Waals surface area contributed by atoms with Gasteiger partial charge in [-0.05, 0) is 55.0 Å². The molecule has 0 bridgehead atoms. The van der Waals surface area contributed by atoms with Gasteiger partial charge in [-0.25, -0.2) is 8.42 Å². The van der Waals surface area contributed by atoms with Gasteiger partial charge in [-0.15, -0.1) is 0 Å². The Labute approximate surface area is 135 Å². The van der Waals surface area contributed by atoms with Gasteiger partial charge in [0.1, 0.15) is 0 Å². The molecule has 0 fully saturated rings. The average molecular weight is 324 g/mol. The zero-order valence-electron chi connectivity index (χ0n) is 12.9. The van der Waals surface area contributed by atoms with E-state index in [1.54, 1.807) is 24.5 Å². The minimum Gasteiger partial charge on any atom is -0.256 e. The summed E-state index contributed by atoms with van der Waals surface area (Å²) in [7, 11) is -3.28. The van der Waals surface area contributed by atoms with E-state index in [4.69, 9.17) is 0 Å². The third-order valence-electron chi connectivity index (χ3n) is 3.50. The molecule has 0 aliphatic carbocycles. The molecule has 5 heteroatoms. The van der Waals surface area contributed by atoms with Gasteiger partial charge in [0.2, 0.25) is 0 Å². The summed E-state index contributed by atoms with van der Waals surface area (Å²) in [6.45, 7) is 1.88. The molecule has 0 amide bonds. The van der Waals surface area contributed by atoms with Crippen molar-refractivity contribution in [3.05, 3.63) is 66.5 Å². The second-order valence-corrected chi connectivity index (χ2v) is 7.44. The largest absolute Gasteiger partial charge is 0.256 e. The second-order valence-electron chi connectivity index (χ2n) is 5.42. The highest BCUT2D eigenvalue weighted by Gasteiger charge is 2.14. The Morgan fingerprint density at radius 3 is 2.39 bits per heavy atom. The van der Waals surface area contributed by atoms with Crippen LogP contribution in [0.1, 0.15) is 5.56 Å². The Morgan fingerprint density at radius 1 is 0.913 bits per heavy atom. The number of hydrogen-bond donors (Lipinski definition) is 0. The van der Waals surface area contributed by atoms with E-state index in [0.29, 0.717) is 4.90 Å². The second kappa shape index (κ2) is 5.93. The average Bonchev–Trinajstić information content (AvgIpc) is 2.54. The molecule has 4 nitrogen and oxygen atoms in total. The highest BCUT2D eigenvalue weighted by atomic mass is 32.2. The number of nitrogens with zero attached hydrogens (tertiary/aromatic N) is 2. The van der Waals surface area contributed by atoms with Crippen LogP contribution in [0.5, 0.6) is 0 Å². The van der Waals surface area contributed by atoms with Gasteiger partial charge in [0.25, 0.3) is 0 Å². The van der Waals surface area contributed by atoms with Crippen molar-refractivity contribution in [3.8, 4) is 22.5 Å². The maximum Gasteiger partial charge on any atom is 0.175 e. The highest BCUT2D eigenvalue weighted by Crippen LogP contribution is 2.30. The number of hydrogen-bond acceptors (Lipinski definition) is 4. The monoisotopic (exact) mass is 324 g/mol. The van der Waals surface area contributed by atoms with Crippen LogP contribution in [0.25, 0.3) is 22.5 Å². The molecule has 0 aliphatic heterocycles. The number of pyridine rings is 2. The quantitative estimate of drug-likeness (QED) is 0.739. The fourth-order valence-corrected chi connectivity index (χ4v) is 3.20. The third kappa shape index (κ3) is 3.29. The zero-order valence-corrected chi connectivity index (χ0v) is 13.7. The molecule has 0 saturated carbocycles. The highest BCUT2D eigenvalue weighted by molar-refractivity contribution is 7.90. The molecule has 0 unspecified atom stereocenters. The first-order valence-corrected chi connectivity index (χ1v) is 9.03. The molecule has 0 aliphatic rings. The van der Waals surface area contributed by atoms with Crippen molar-refractivity contribution in [2.24, 2.45) is 0 Å². The topological polar surface area (TPSA) is 59.9 Å². The molecule has 0 N–H and O–H groups in total. The number of rotatable bonds is 3. The maximum absolute atomic E-state index is 11.9. The van der Waals surface area contributed by atoms with Crippen LogP contribution in [0.3, 0.4) is 0 Å². The number of aryl methyl sites for hydroxylation is 1. The Morgan fingerprint density at radius 2 is 1.70 bits per heavy atom. The smallest absolute Gasteiger partial charge is 0.175 e. The summed E-state index contributed by atoms with van der Waals surface area (Å²) < 4.78 is 23.8.